The average molecular weight is 789 g/mol. The average Bonchev–Trinajstić information content (AvgIpc) is 3.21. The lowest BCUT2D eigenvalue weighted by Gasteiger charge is -2.36. The van der Waals surface area contributed by atoms with Crippen molar-refractivity contribution in [1.29, 1.82) is 0 Å². The van der Waals surface area contributed by atoms with Gasteiger partial charge in [0.2, 0.25) is 0 Å². The second kappa shape index (κ2) is 16.3. The third-order valence-electron chi connectivity index (χ3n) is 11.7. The maximum Gasteiger partial charge on any atom is 0.0564 e. The van der Waals surface area contributed by atoms with Gasteiger partial charge in [0.25, 0.3) is 0 Å². The van der Waals surface area contributed by atoms with Gasteiger partial charge in [0.1, 0.15) is 0 Å². The van der Waals surface area contributed by atoms with Gasteiger partial charge in [-0.2, -0.15) is 0 Å². The Bertz CT molecular complexity index is 2440. The highest BCUT2D eigenvalue weighted by Crippen LogP contribution is 2.51. The van der Waals surface area contributed by atoms with Crippen molar-refractivity contribution in [2.24, 2.45) is 0 Å². The fourth-order valence-corrected chi connectivity index (χ4v) is 7.92. The monoisotopic (exact) mass is 789 g/mol. The van der Waals surface area contributed by atoms with E-state index >= 15 is 0 Å². The van der Waals surface area contributed by atoms with Crippen LogP contribution >= 0.6 is 0 Å². The molecule has 2 nitrogen and oxygen atoms in total. The summed E-state index contributed by atoms with van der Waals surface area (Å²) in [5, 5.41) is 0. The van der Waals surface area contributed by atoms with Gasteiger partial charge in [0, 0.05) is 28.3 Å². The van der Waals surface area contributed by atoms with E-state index in [1.807, 2.05) is 0 Å². The second-order valence-corrected chi connectivity index (χ2v) is 20.5. The lowest BCUT2D eigenvalue weighted by molar-refractivity contribution is 0.589. The fourth-order valence-electron chi connectivity index (χ4n) is 7.92. The Kier molecular flexibility index (Phi) is 11.5. The Hall–Kier alpha value is -5.86. The molecule has 306 valence electrons. The van der Waals surface area contributed by atoms with Gasteiger partial charge in [0.15, 0.2) is 0 Å². The molecule has 0 unspecified atom stereocenters. The van der Waals surface area contributed by atoms with E-state index in [0.717, 1.165) is 45.3 Å². The van der Waals surface area contributed by atoms with Crippen molar-refractivity contribution in [3.8, 4) is 22.3 Å². The van der Waals surface area contributed by atoms with Crippen molar-refractivity contribution < 1.29 is 0 Å². The van der Waals surface area contributed by atoms with Crippen molar-refractivity contribution >= 4 is 34.1 Å². The number of rotatable bonds is 8. The van der Waals surface area contributed by atoms with E-state index in [2.05, 4.69) is 263 Å². The zero-order valence-corrected chi connectivity index (χ0v) is 38.1. The number of hydrogen-bond donors (Lipinski definition) is 0. The Morgan fingerprint density at radius 2 is 0.533 bits per heavy atom. The number of hydrogen-bond acceptors (Lipinski definition) is 2. The molecule has 7 aromatic carbocycles. The van der Waals surface area contributed by atoms with E-state index in [-0.39, 0.29) is 21.7 Å². The Balaban J connectivity index is 1.57. The maximum absolute atomic E-state index is 2.49. The molecule has 0 saturated heterocycles. The van der Waals surface area contributed by atoms with Crippen LogP contribution in [0.5, 0.6) is 0 Å². The van der Waals surface area contributed by atoms with Crippen molar-refractivity contribution in [1.82, 2.24) is 0 Å². The van der Waals surface area contributed by atoms with Crippen LogP contribution in [0.1, 0.15) is 105 Å². The normalized spacial score (nSPS) is 12.3. The van der Waals surface area contributed by atoms with Gasteiger partial charge in [-0.05, 0) is 121 Å². The van der Waals surface area contributed by atoms with Gasteiger partial charge < -0.3 is 9.80 Å². The predicted octanol–water partition coefficient (Wildman–Crippen LogP) is 17.2. The summed E-state index contributed by atoms with van der Waals surface area (Å²) in [5.41, 5.74) is 16.5. The quantitative estimate of drug-likeness (QED) is 0.151. The summed E-state index contributed by atoms with van der Waals surface area (Å²) in [5.74, 6) is 0. The van der Waals surface area contributed by atoms with Crippen LogP contribution in [0.4, 0.5) is 34.1 Å². The molecule has 0 heterocycles. The summed E-state index contributed by atoms with van der Waals surface area (Å²) in [4.78, 5) is 4.96. The SMILES string of the molecule is CC(C)(C)c1ccc(N(c2ccc(-c3ccccc3)cc2)c2cc(C(C)(C)C)cc(N(c3ccc(C(C)(C)C)cc3)c3ccc(C(C)(C)C)cc3)c2-c2ccccc2)cc1. The van der Waals surface area contributed by atoms with Crippen LogP contribution in [0, 0.1) is 0 Å². The highest BCUT2D eigenvalue weighted by molar-refractivity contribution is 5.99. The molecule has 7 aromatic rings. The summed E-state index contributed by atoms with van der Waals surface area (Å²) in [6, 6.07) is 63.3. The summed E-state index contributed by atoms with van der Waals surface area (Å²) in [6.45, 7) is 27.5. The molecule has 0 fully saturated rings. The van der Waals surface area contributed by atoms with Gasteiger partial charge in [-0.25, -0.2) is 0 Å². The third kappa shape index (κ3) is 9.14. The lowest BCUT2D eigenvalue weighted by Crippen LogP contribution is -2.20. The number of anilines is 6. The van der Waals surface area contributed by atoms with Crippen LogP contribution in [0.3, 0.4) is 0 Å². The zero-order chi connectivity index (χ0) is 43.0. The molecule has 0 aromatic heterocycles. The molecule has 0 N–H and O–H groups in total. The Morgan fingerprint density at radius 3 is 0.833 bits per heavy atom. The molecule has 0 aliphatic heterocycles. The largest absolute Gasteiger partial charge is 0.310 e. The standard InChI is InChI=1S/C58H64N2/c1-55(2,3)44-25-33-49(34-26-44)59(48-31-23-42(24-32-48)41-19-15-13-16-20-41)52-39-47(58(10,11)12)40-53(54(52)43-21-17-14-18-22-43)60(50-35-27-45(28-36-50)56(4,5)6)51-37-29-46(30-38-51)57(7,8)9/h13-40H,1-12H3. The van der Waals surface area contributed by atoms with Gasteiger partial charge in [0.05, 0.1) is 11.4 Å². The van der Waals surface area contributed by atoms with Crippen molar-refractivity contribution in [2.45, 2.75) is 105 Å². The molecule has 0 saturated carbocycles. The molecule has 7 rings (SSSR count). The first-order valence-corrected chi connectivity index (χ1v) is 21.6. The number of benzene rings is 7. The highest BCUT2D eigenvalue weighted by Gasteiger charge is 2.29. The van der Waals surface area contributed by atoms with E-state index in [9.17, 15) is 0 Å². The van der Waals surface area contributed by atoms with Gasteiger partial charge in [-0.15, -0.1) is 0 Å². The van der Waals surface area contributed by atoms with Crippen LogP contribution in [0.25, 0.3) is 22.3 Å². The molecular formula is C58H64N2. The van der Waals surface area contributed by atoms with Crippen LogP contribution in [-0.4, -0.2) is 0 Å². The topological polar surface area (TPSA) is 6.48 Å². The summed E-state index contributed by atoms with van der Waals surface area (Å²) < 4.78 is 0. The van der Waals surface area contributed by atoms with Crippen molar-refractivity contribution in [3.63, 3.8) is 0 Å². The molecule has 0 atom stereocenters. The molecule has 0 spiro atoms. The minimum Gasteiger partial charge on any atom is -0.310 e. The molecule has 2 heteroatoms. The zero-order valence-electron chi connectivity index (χ0n) is 38.1. The van der Waals surface area contributed by atoms with Gasteiger partial charge >= 0.3 is 0 Å². The first kappa shape index (κ1) is 42.3. The minimum atomic E-state index is -0.157. The van der Waals surface area contributed by atoms with E-state index in [1.165, 1.54) is 33.4 Å². The Labute approximate surface area is 361 Å². The minimum absolute atomic E-state index is 0.0286. The second-order valence-electron chi connectivity index (χ2n) is 20.5. The number of nitrogens with zero attached hydrogens (tertiary/aromatic N) is 2. The van der Waals surface area contributed by atoms with E-state index < -0.39 is 0 Å². The van der Waals surface area contributed by atoms with Crippen molar-refractivity contribution in [2.75, 3.05) is 9.80 Å². The van der Waals surface area contributed by atoms with Gasteiger partial charge in [-0.3, -0.25) is 0 Å². The molecule has 0 aliphatic carbocycles. The smallest absolute Gasteiger partial charge is 0.0564 e. The van der Waals surface area contributed by atoms with Crippen LogP contribution in [-0.2, 0) is 21.7 Å². The van der Waals surface area contributed by atoms with Gasteiger partial charge in [-0.1, -0.05) is 192 Å². The molecule has 0 radical (unpaired) electrons. The molecule has 0 bridgehead atoms. The highest BCUT2D eigenvalue weighted by atomic mass is 15.2. The van der Waals surface area contributed by atoms with Crippen LogP contribution in [0.2, 0.25) is 0 Å². The summed E-state index contributed by atoms with van der Waals surface area (Å²) in [7, 11) is 0. The van der Waals surface area contributed by atoms with Crippen LogP contribution < -0.4 is 9.80 Å². The summed E-state index contributed by atoms with van der Waals surface area (Å²) >= 11 is 0. The van der Waals surface area contributed by atoms with E-state index in [0.29, 0.717) is 0 Å². The van der Waals surface area contributed by atoms with E-state index in [1.54, 1.807) is 0 Å². The molecule has 60 heavy (non-hydrogen) atoms. The predicted molar refractivity (Wildman–Crippen MR) is 261 cm³/mol. The van der Waals surface area contributed by atoms with E-state index in [4.69, 9.17) is 0 Å². The molecule has 0 amide bonds. The fraction of sp³-hybridized carbons (Fsp3) is 0.276. The molecule has 0 aliphatic rings. The van der Waals surface area contributed by atoms with Crippen LogP contribution in [0.15, 0.2) is 170 Å². The lowest BCUT2D eigenvalue weighted by atomic mass is 9.83. The summed E-state index contributed by atoms with van der Waals surface area (Å²) in [6.07, 6.45) is 0. The first-order chi connectivity index (χ1) is 28.3. The first-order valence-electron chi connectivity index (χ1n) is 21.6. The molecular weight excluding hydrogens is 725 g/mol. The Morgan fingerprint density at radius 1 is 0.267 bits per heavy atom. The third-order valence-corrected chi connectivity index (χ3v) is 11.7. The maximum atomic E-state index is 2.49. The van der Waals surface area contributed by atoms with Crippen molar-refractivity contribution in [3.05, 3.63) is 192 Å².